The summed E-state index contributed by atoms with van der Waals surface area (Å²) in [6.07, 6.45) is 4.66. The maximum atomic E-state index is 12.7. The first-order valence-electron chi connectivity index (χ1n) is 8.12. The molecule has 1 fully saturated rings. The van der Waals surface area contributed by atoms with Crippen LogP contribution in [0.5, 0.6) is 0 Å². The van der Waals surface area contributed by atoms with Crippen molar-refractivity contribution in [3.05, 3.63) is 53.8 Å². The highest BCUT2D eigenvalue weighted by Crippen LogP contribution is 2.32. The van der Waals surface area contributed by atoms with Crippen molar-refractivity contribution < 1.29 is 12.9 Å². The zero-order chi connectivity index (χ0) is 18.3. The third-order valence-electron chi connectivity index (χ3n) is 4.55. The molecule has 1 saturated heterocycles. The lowest BCUT2D eigenvalue weighted by Gasteiger charge is -2.35. The Balaban J connectivity index is 1.48. The van der Waals surface area contributed by atoms with Crippen molar-refractivity contribution in [2.24, 2.45) is 0 Å². The zero-order valence-electron chi connectivity index (χ0n) is 14.3. The number of aromatic nitrogens is 4. The molecule has 2 aromatic heterocycles. The van der Waals surface area contributed by atoms with E-state index in [0.717, 1.165) is 11.1 Å². The van der Waals surface area contributed by atoms with Gasteiger partial charge in [-0.25, -0.2) is 13.4 Å². The monoisotopic (exact) mass is 371 g/mol. The van der Waals surface area contributed by atoms with Crippen LogP contribution in [0.4, 0.5) is 0 Å². The van der Waals surface area contributed by atoms with Crippen molar-refractivity contribution in [2.45, 2.75) is 24.7 Å². The Kier molecular flexibility index (Phi) is 4.04. The predicted molar refractivity (Wildman–Crippen MR) is 92.7 cm³/mol. The first kappa shape index (κ1) is 16.8. The lowest BCUT2D eigenvalue weighted by Crippen LogP contribution is -2.48. The number of rotatable bonds is 4. The van der Waals surface area contributed by atoms with Crippen LogP contribution in [0, 0.1) is 13.8 Å². The molecule has 0 atom stereocenters. The fourth-order valence-corrected chi connectivity index (χ4v) is 4.35. The summed E-state index contributed by atoms with van der Waals surface area (Å²) in [6, 6.07) is 5.17. The van der Waals surface area contributed by atoms with Gasteiger partial charge in [0.15, 0.2) is 0 Å². The second-order valence-electron chi connectivity index (χ2n) is 6.31. The number of aryl methyl sites for hydroxylation is 2. The Morgan fingerprint density at radius 1 is 1.15 bits per heavy atom. The molecule has 0 radical (unpaired) electrons. The van der Waals surface area contributed by atoms with Crippen LogP contribution in [0.2, 0.25) is 0 Å². The number of hydrogen-bond donors (Lipinski definition) is 0. The number of sulfonamides is 1. The average Bonchev–Trinajstić information content (AvgIpc) is 3.06. The molecule has 1 aliphatic rings. The summed E-state index contributed by atoms with van der Waals surface area (Å²) in [5.41, 5.74) is 2.53. The van der Waals surface area contributed by atoms with Gasteiger partial charge in [0.05, 0.1) is 17.0 Å². The van der Waals surface area contributed by atoms with Crippen LogP contribution in [0.1, 0.15) is 22.9 Å². The Morgan fingerprint density at radius 2 is 1.96 bits per heavy atom. The topological polar surface area (TPSA) is 102 Å². The highest BCUT2D eigenvalue weighted by atomic mass is 32.2. The van der Waals surface area contributed by atoms with E-state index < -0.39 is 10.0 Å². The van der Waals surface area contributed by atoms with Crippen LogP contribution >= 0.6 is 0 Å². The molecule has 1 aromatic carbocycles. The fraction of sp³-hybridized carbons (Fsp3) is 0.294. The summed E-state index contributed by atoms with van der Waals surface area (Å²) in [6.45, 7) is 4.49. The van der Waals surface area contributed by atoms with Crippen molar-refractivity contribution in [1.29, 1.82) is 0 Å². The van der Waals surface area contributed by atoms with Crippen LogP contribution < -0.4 is 0 Å². The summed E-state index contributed by atoms with van der Waals surface area (Å²) >= 11 is 0. The largest absolute Gasteiger partial charge is 0.339 e. The molecule has 0 amide bonds. The van der Waals surface area contributed by atoms with Crippen molar-refractivity contribution in [3.8, 4) is 11.5 Å². The van der Waals surface area contributed by atoms with Gasteiger partial charge in [-0.05, 0) is 37.1 Å². The number of nitrogens with zero attached hydrogens (tertiary/aromatic N) is 5. The van der Waals surface area contributed by atoms with E-state index in [9.17, 15) is 8.42 Å². The van der Waals surface area contributed by atoms with Crippen molar-refractivity contribution in [2.75, 3.05) is 13.1 Å². The normalized spacial score (nSPS) is 15.8. The summed E-state index contributed by atoms with van der Waals surface area (Å²) in [5, 5.41) is 3.90. The van der Waals surface area contributed by atoms with Gasteiger partial charge in [-0.3, -0.25) is 4.98 Å². The van der Waals surface area contributed by atoms with E-state index in [-0.39, 0.29) is 5.92 Å². The Labute approximate surface area is 151 Å². The molecule has 0 bridgehead atoms. The maximum absolute atomic E-state index is 12.7. The Morgan fingerprint density at radius 3 is 2.65 bits per heavy atom. The van der Waals surface area contributed by atoms with Gasteiger partial charge in [0.25, 0.3) is 0 Å². The molecule has 3 heterocycles. The average molecular weight is 371 g/mol. The molecular weight excluding hydrogens is 354 g/mol. The lowest BCUT2D eigenvalue weighted by atomic mass is 10.0. The highest BCUT2D eigenvalue weighted by molar-refractivity contribution is 7.89. The molecular formula is C17H17N5O3S. The highest BCUT2D eigenvalue weighted by Gasteiger charge is 2.40. The van der Waals surface area contributed by atoms with Crippen molar-refractivity contribution in [3.63, 3.8) is 0 Å². The van der Waals surface area contributed by atoms with E-state index >= 15 is 0 Å². The number of hydrogen-bond acceptors (Lipinski definition) is 7. The molecule has 4 rings (SSSR count). The molecule has 0 unspecified atom stereocenters. The molecule has 3 aromatic rings. The molecule has 1 aliphatic heterocycles. The van der Waals surface area contributed by atoms with Crippen molar-refractivity contribution in [1.82, 2.24) is 24.4 Å². The quantitative estimate of drug-likeness (QED) is 0.690. The van der Waals surface area contributed by atoms with Gasteiger partial charge in [0.2, 0.25) is 21.7 Å². The van der Waals surface area contributed by atoms with Crippen molar-refractivity contribution >= 4 is 10.0 Å². The van der Waals surface area contributed by atoms with Gasteiger partial charge in [-0.15, -0.1) is 0 Å². The first-order valence-corrected chi connectivity index (χ1v) is 9.56. The number of benzene rings is 1. The molecule has 9 heteroatoms. The SMILES string of the molecule is Cc1ccc(S(=O)(=O)N2CC(c3nc(-c4cnccn4)no3)C2)cc1C. The van der Waals surface area contributed by atoms with Gasteiger partial charge >= 0.3 is 0 Å². The minimum atomic E-state index is -3.51. The third-order valence-corrected chi connectivity index (χ3v) is 6.38. The second kappa shape index (κ2) is 6.26. The summed E-state index contributed by atoms with van der Waals surface area (Å²) in [4.78, 5) is 12.7. The smallest absolute Gasteiger partial charge is 0.243 e. The molecule has 0 saturated carbocycles. The first-order chi connectivity index (χ1) is 12.4. The minimum Gasteiger partial charge on any atom is -0.339 e. The molecule has 0 spiro atoms. The van der Waals surface area contributed by atoms with Crippen LogP contribution in [0.15, 0.2) is 46.2 Å². The van der Waals surface area contributed by atoms with Crippen LogP contribution in [-0.2, 0) is 10.0 Å². The summed E-state index contributed by atoms with van der Waals surface area (Å²) in [5.74, 6) is 0.648. The molecule has 134 valence electrons. The van der Waals surface area contributed by atoms with Crippen LogP contribution in [0.25, 0.3) is 11.5 Å². The van der Waals surface area contributed by atoms with Gasteiger partial charge < -0.3 is 4.52 Å². The molecule has 8 nitrogen and oxygen atoms in total. The Bertz CT molecular complexity index is 1040. The third kappa shape index (κ3) is 2.89. The standard InChI is InChI=1S/C17H17N5O3S/c1-11-3-4-14(7-12(11)2)26(23,24)22-9-13(10-22)17-20-16(21-25-17)15-8-18-5-6-19-15/h3-8,13H,9-10H2,1-2H3. The van der Waals surface area contributed by atoms with E-state index in [0.29, 0.717) is 35.4 Å². The van der Waals surface area contributed by atoms with E-state index in [1.165, 1.54) is 4.31 Å². The maximum Gasteiger partial charge on any atom is 0.243 e. The summed E-state index contributed by atoms with van der Waals surface area (Å²) in [7, 11) is -3.51. The van der Waals surface area contributed by atoms with E-state index in [1.54, 1.807) is 30.7 Å². The predicted octanol–water partition coefficient (Wildman–Crippen LogP) is 1.93. The second-order valence-corrected chi connectivity index (χ2v) is 8.25. The van der Waals surface area contributed by atoms with Gasteiger partial charge in [-0.2, -0.15) is 9.29 Å². The van der Waals surface area contributed by atoms with E-state index in [1.807, 2.05) is 19.9 Å². The Hall–Kier alpha value is -2.65. The van der Waals surface area contributed by atoms with E-state index in [4.69, 9.17) is 4.52 Å². The molecule has 0 aliphatic carbocycles. The summed E-state index contributed by atoms with van der Waals surface area (Å²) < 4.78 is 32.1. The van der Waals surface area contributed by atoms with Gasteiger partial charge in [0.1, 0.15) is 5.69 Å². The molecule has 26 heavy (non-hydrogen) atoms. The lowest BCUT2D eigenvalue weighted by molar-refractivity contribution is 0.217. The van der Waals surface area contributed by atoms with Crippen LogP contribution in [-0.4, -0.2) is 45.9 Å². The van der Waals surface area contributed by atoms with E-state index in [2.05, 4.69) is 20.1 Å². The van der Waals surface area contributed by atoms with Gasteiger partial charge in [0, 0.05) is 25.5 Å². The van der Waals surface area contributed by atoms with Crippen LogP contribution in [0.3, 0.4) is 0 Å². The molecule has 0 N–H and O–H groups in total. The fourth-order valence-electron chi connectivity index (χ4n) is 2.73. The van der Waals surface area contributed by atoms with Gasteiger partial charge in [-0.1, -0.05) is 11.2 Å². The minimum absolute atomic E-state index is 0.116. The zero-order valence-corrected chi connectivity index (χ0v) is 15.1.